The number of nitrogens with zero attached hydrogens (tertiary/aromatic N) is 4. The normalized spacial score (nSPS) is 18.8. The Bertz CT molecular complexity index is 668. The van der Waals surface area contributed by atoms with Crippen molar-refractivity contribution < 1.29 is 0 Å². The SMILES string of the molecule is C1=C(CCNc2ncnc3c2ncn3C2CC2)CCCC1. The Balaban J connectivity index is 1.47. The van der Waals surface area contributed by atoms with Gasteiger partial charge >= 0.3 is 0 Å². The Kier molecular flexibility index (Phi) is 3.33. The van der Waals surface area contributed by atoms with Gasteiger partial charge in [-0.15, -0.1) is 0 Å². The molecule has 0 unspecified atom stereocenters. The third kappa shape index (κ3) is 2.64. The molecule has 1 fully saturated rings. The van der Waals surface area contributed by atoms with Crippen molar-refractivity contribution in [3.8, 4) is 0 Å². The summed E-state index contributed by atoms with van der Waals surface area (Å²) in [4.78, 5) is 13.3. The highest BCUT2D eigenvalue weighted by Crippen LogP contribution is 2.37. The molecule has 2 aromatic heterocycles. The zero-order valence-corrected chi connectivity index (χ0v) is 12.3. The maximum absolute atomic E-state index is 4.51. The highest BCUT2D eigenvalue weighted by molar-refractivity contribution is 5.82. The number of nitrogens with one attached hydrogen (secondary N) is 1. The largest absolute Gasteiger partial charge is 0.368 e. The number of imidazole rings is 1. The molecule has 2 aromatic rings. The summed E-state index contributed by atoms with van der Waals surface area (Å²) in [5, 5.41) is 3.44. The molecule has 0 spiro atoms. The third-order valence-electron chi connectivity index (χ3n) is 4.42. The van der Waals surface area contributed by atoms with Gasteiger partial charge in [-0.2, -0.15) is 0 Å². The lowest BCUT2D eigenvalue weighted by atomic mass is 9.97. The van der Waals surface area contributed by atoms with Crippen molar-refractivity contribution in [1.82, 2.24) is 19.5 Å². The number of rotatable bonds is 5. The second kappa shape index (κ2) is 5.47. The Labute approximate surface area is 124 Å². The molecule has 0 amide bonds. The first-order chi connectivity index (χ1) is 10.4. The second-order valence-electron chi connectivity index (χ2n) is 6.06. The summed E-state index contributed by atoms with van der Waals surface area (Å²) in [5.41, 5.74) is 3.46. The molecule has 5 heteroatoms. The van der Waals surface area contributed by atoms with Crippen LogP contribution in [-0.4, -0.2) is 26.1 Å². The maximum Gasteiger partial charge on any atom is 0.165 e. The van der Waals surface area contributed by atoms with Gasteiger partial charge in [0.2, 0.25) is 0 Å². The fourth-order valence-corrected chi connectivity index (χ4v) is 3.07. The fourth-order valence-electron chi connectivity index (χ4n) is 3.07. The van der Waals surface area contributed by atoms with E-state index >= 15 is 0 Å². The van der Waals surface area contributed by atoms with E-state index in [1.165, 1.54) is 38.5 Å². The van der Waals surface area contributed by atoms with Crippen molar-refractivity contribution in [2.45, 2.75) is 51.0 Å². The highest BCUT2D eigenvalue weighted by Gasteiger charge is 2.26. The van der Waals surface area contributed by atoms with Crippen LogP contribution in [-0.2, 0) is 0 Å². The third-order valence-corrected chi connectivity index (χ3v) is 4.42. The minimum atomic E-state index is 0.602. The molecule has 0 saturated heterocycles. The van der Waals surface area contributed by atoms with Crippen LogP contribution < -0.4 is 5.32 Å². The van der Waals surface area contributed by atoms with Crippen LogP contribution in [0.15, 0.2) is 24.3 Å². The van der Waals surface area contributed by atoms with Gasteiger partial charge in [0.25, 0.3) is 0 Å². The standard InChI is InChI=1S/C16H21N5/c1-2-4-12(5-3-1)8-9-17-15-14-16(19-10-18-15)21(11-20-14)13-6-7-13/h4,10-11,13H,1-3,5-9H2,(H,17,18,19). The van der Waals surface area contributed by atoms with E-state index < -0.39 is 0 Å². The van der Waals surface area contributed by atoms with E-state index in [0.717, 1.165) is 29.9 Å². The van der Waals surface area contributed by atoms with Crippen LogP contribution in [0, 0.1) is 0 Å². The van der Waals surface area contributed by atoms with Gasteiger partial charge in [0.1, 0.15) is 11.8 Å². The summed E-state index contributed by atoms with van der Waals surface area (Å²) in [6.07, 6.45) is 14.8. The van der Waals surface area contributed by atoms with Crippen molar-refractivity contribution in [1.29, 1.82) is 0 Å². The Morgan fingerprint density at radius 3 is 2.95 bits per heavy atom. The van der Waals surface area contributed by atoms with E-state index in [4.69, 9.17) is 0 Å². The van der Waals surface area contributed by atoms with Gasteiger partial charge in [0, 0.05) is 12.6 Å². The van der Waals surface area contributed by atoms with Gasteiger partial charge in [-0.3, -0.25) is 0 Å². The number of hydrogen-bond acceptors (Lipinski definition) is 4. The average molecular weight is 283 g/mol. The van der Waals surface area contributed by atoms with Gasteiger partial charge < -0.3 is 9.88 Å². The molecule has 1 N–H and O–H groups in total. The lowest BCUT2D eigenvalue weighted by molar-refractivity contribution is 0.679. The van der Waals surface area contributed by atoms with Gasteiger partial charge in [0.15, 0.2) is 11.5 Å². The molecule has 0 radical (unpaired) electrons. The molecular weight excluding hydrogens is 262 g/mol. The first kappa shape index (κ1) is 12.8. The van der Waals surface area contributed by atoms with Crippen molar-refractivity contribution in [2.75, 3.05) is 11.9 Å². The minimum absolute atomic E-state index is 0.602. The lowest BCUT2D eigenvalue weighted by Gasteiger charge is -2.13. The van der Waals surface area contributed by atoms with Gasteiger partial charge in [-0.1, -0.05) is 11.6 Å². The van der Waals surface area contributed by atoms with Crippen molar-refractivity contribution in [2.24, 2.45) is 0 Å². The summed E-state index contributed by atoms with van der Waals surface area (Å²) >= 11 is 0. The van der Waals surface area contributed by atoms with Crippen LogP contribution in [0.3, 0.4) is 0 Å². The van der Waals surface area contributed by atoms with Crippen LogP contribution in [0.4, 0.5) is 5.82 Å². The minimum Gasteiger partial charge on any atom is -0.368 e. The van der Waals surface area contributed by atoms with Gasteiger partial charge in [-0.25, -0.2) is 15.0 Å². The number of anilines is 1. The molecule has 4 rings (SSSR count). The summed E-state index contributed by atoms with van der Waals surface area (Å²) in [5.74, 6) is 0.871. The molecule has 21 heavy (non-hydrogen) atoms. The molecule has 0 aliphatic heterocycles. The topological polar surface area (TPSA) is 55.6 Å². The summed E-state index contributed by atoms with van der Waals surface area (Å²) in [6.45, 7) is 0.925. The molecule has 2 aliphatic rings. The molecule has 2 aliphatic carbocycles. The van der Waals surface area contributed by atoms with E-state index in [1.54, 1.807) is 11.9 Å². The molecule has 110 valence electrons. The van der Waals surface area contributed by atoms with Crippen LogP contribution in [0.5, 0.6) is 0 Å². The van der Waals surface area contributed by atoms with Gasteiger partial charge in [-0.05, 0) is 44.9 Å². The first-order valence-corrected chi connectivity index (χ1v) is 8.01. The predicted octanol–water partition coefficient (Wildman–Crippen LogP) is 3.46. The van der Waals surface area contributed by atoms with Crippen LogP contribution in [0.25, 0.3) is 11.2 Å². The number of fused-ring (bicyclic) bond motifs is 1. The van der Waals surface area contributed by atoms with Crippen molar-refractivity contribution in [3.63, 3.8) is 0 Å². The molecule has 0 aromatic carbocycles. The molecule has 0 bridgehead atoms. The van der Waals surface area contributed by atoms with Crippen molar-refractivity contribution >= 4 is 17.0 Å². The van der Waals surface area contributed by atoms with Gasteiger partial charge in [0.05, 0.1) is 6.33 Å². The van der Waals surface area contributed by atoms with E-state index in [0.29, 0.717) is 6.04 Å². The maximum atomic E-state index is 4.51. The smallest absolute Gasteiger partial charge is 0.165 e. The molecule has 2 heterocycles. The fraction of sp³-hybridized carbons (Fsp3) is 0.562. The van der Waals surface area contributed by atoms with Crippen LogP contribution in [0.1, 0.15) is 51.0 Å². The Morgan fingerprint density at radius 1 is 1.19 bits per heavy atom. The summed E-state index contributed by atoms with van der Waals surface area (Å²) in [7, 11) is 0. The molecule has 5 nitrogen and oxygen atoms in total. The Hall–Kier alpha value is -1.91. The number of hydrogen-bond donors (Lipinski definition) is 1. The number of aromatic nitrogens is 4. The zero-order chi connectivity index (χ0) is 14.1. The van der Waals surface area contributed by atoms with E-state index in [2.05, 4.69) is 30.9 Å². The second-order valence-corrected chi connectivity index (χ2v) is 6.06. The monoisotopic (exact) mass is 283 g/mol. The highest BCUT2D eigenvalue weighted by atomic mass is 15.2. The van der Waals surface area contributed by atoms with E-state index in [-0.39, 0.29) is 0 Å². The van der Waals surface area contributed by atoms with E-state index in [1.807, 2.05) is 6.33 Å². The summed E-state index contributed by atoms with van der Waals surface area (Å²) < 4.78 is 2.19. The molecule has 0 atom stereocenters. The molecular formula is C16H21N5. The average Bonchev–Trinajstić information content (AvgIpc) is 3.28. The summed E-state index contributed by atoms with van der Waals surface area (Å²) in [6, 6.07) is 0.602. The van der Waals surface area contributed by atoms with Crippen LogP contribution >= 0.6 is 0 Å². The first-order valence-electron chi connectivity index (χ1n) is 8.01. The quantitative estimate of drug-likeness (QED) is 0.854. The predicted molar refractivity (Wildman–Crippen MR) is 83.3 cm³/mol. The van der Waals surface area contributed by atoms with Crippen LogP contribution in [0.2, 0.25) is 0 Å². The van der Waals surface area contributed by atoms with Crippen molar-refractivity contribution in [3.05, 3.63) is 24.3 Å². The van der Waals surface area contributed by atoms with E-state index in [9.17, 15) is 0 Å². The zero-order valence-electron chi connectivity index (χ0n) is 12.3. The lowest BCUT2D eigenvalue weighted by Crippen LogP contribution is -2.07. The Morgan fingerprint density at radius 2 is 2.14 bits per heavy atom. The number of allylic oxidation sites excluding steroid dienone is 1. The molecule has 1 saturated carbocycles.